The predicted molar refractivity (Wildman–Crippen MR) is 125 cm³/mol. The van der Waals surface area contributed by atoms with Gasteiger partial charge in [-0.15, -0.1) is 24.8 Å². The van der Waals surface area contributed by atoms with E-state index in [9.17, 15) is 19.8 Å². The van der Waals surface area contributed by atoms with Gasteiger partial charge in [0.1, 0.15) is 17.9 Å². The molecule has 2 bridgehead atoms. The molecular formula is C22H31Cl2N3O6. The van der Waals surface area contributed by atoms with Crippen molar-refractivity contribution in [2.45, 2.75) is 61.7 Å². The highest BCUT2D eigenvalue weighted by molar-refractivity contribution is 5.85. The van der Waals surface area contributed by atoms with Crippen LogP contribution in [-0.4, -0.2) is 71.9 Å². The van der Waals surface area contributed by atoms with Gasteiger partial charge in [-0.2, -0.15) is 0 Å². The summed E-state index contributed by atoms with van der Waals surface area (Å²) in [6, 6.07) is 0.604. The van der Waals surface area contributed by atoms with Crippen LogP contribution in [0.1, 0.15) is 36.8 Å². The van der Waals surface area contributed by atoms with Gasteiger partial charge in [0, 0.05) is 34.7 Å². The Labute approximate surface area is 204 Å². The number of phenolic OH excluding ortho intramolecular Hbond substituents is 1. The van der Waals surface area contributed by atoms with Crippen molar-refractivity contribution in [1.82, 2.24) is 10.2 Å². The number of carboxylic acids is 1. The normalized spacial score (nSPS) is 31.8. The summed E-state index contributed by atoms with van der Waals surface area (Å²) in [7, 11) is 3.76. The quantitative estimate of drug-likeness (QED) is 0.454. The van der Waals surface area contributed by atoms with E-state index in [0.717, 1.165) is 43.4 Å². The van der Waals surface area contributed by atoms with Gasteiger partial charge in [-0.3, -0.25) is 14.9 Å². The summed E-state index contributed by atoms with van der Waals surface area (Å²) in [6.07, 6.45) is 2.72. The zero-order valence-corrected chi connectivity index (χ0v) is 20.2. The Kier molecular flexibility index (Phi) is 7.02. The highest BCUT2D eigenvalue weighted by Gasteiger charge is 2.66. The summed E-state index contributed by atoms with van der Waals surface area (Å²) in [6.45, 7) is 0.897. The highest BCUT2D eigenvalue weighted by Crippen LogP contribution is 2.65. The number of nitrogens with two attached hydrogens (primary N) is 1. The van der Waals surface area contributed by atoms with Gasteiger partial charge in [0.25, 0.3) is 0 Å². The van der Waals surface area contributed by atoms with E-state index < -0.39 is 17.9 Å². The Hall–Kier alpha value is -1.94. The monoisotopic (exact) mass is 503 g/mol. The minimum Gasteiger partial charge on any atom is -0.504 e. The van der Waals surface area contributed by atoms with E-state index in [4.69, 9.17) is 15.2 Å². The van der Waals surface area contributed by atoms with Crippen LogP contribution in [0.5, 0.6) is 17.2 Å². The standard InChI is InChI=1S/C22H29N3O6.2ClH/c1-25-6-5-22-11-3-4-12(24-13(21(28)29)8-17(23)27)20(22)31-19-15(26)9-16(30-2)10(18(19)22)7-14(11)25;;/h9,11-14,20,24,26H,3-8H2,1-2H3,(H2,23,27)(H,28,29);2*1H/t11-,12+,13-,14+,20-,22-;;/m0../s1. The first-order valence-electron chi connectivity index (χ1n) is 10.8. The highest BCUT2D eigenvalue weighted by atomic mass is 35.5. The minimum absolute atomic E-state index is 0. The molecule has 2 aliphatic carbocycles. The molecule has 2 heterocycles. The molecule has 6 atom stereocenters. The molecule has 1 aromatic carbocycles. The average molecular weight is 504 g/mol. The van der Waals surface area contributed by atoms with Gasteiger partial charge in [0.15, 0.2) is 11.5 Å². The first-order chi connectivity index (χ1) is 14.8. The van der Waals surface area contributed by atoms with E-state index >= 15 is 0 Å². The summed E-state index contributed by atoms with van der Waals surface area (Å²) in [5, 5.41) is 23.5. The number of likely N-dealkylation sites (tertiary alicyclic amines) is 1. The fourth-order valence-electron chi connectivity index (χ4n) is 6.82. The second kappa shape index (κ2) is 9.02. The number of primary amides is 1. The smallest absolute Gasteiger partial charge is 0.321 e. The number of phenols is 1. The molecule has 0 radical (unpaired) electrons. The molecule has 1 amide bonds. The van der Waals surface area contributed by atoms with Crippen molar-refractivity contribution < 1.29 is 29.3 Å². The summed E-state index contributed by atoms with van der Waals surface area (Å²) in [5.74, 6) is -0.196. The second-order valence-electron chi connectivity index (χ2n) is 9.38. The van der Waals surface area contributed by atoms with Crippen LogP contribution < -0.4 is 20.5 Å². The van der Waals surface area contributed by atoms with Crippen molar-refractivity contribution in [1.29, 1.82) is 0 Å². The van der Waals surface area contributed by atoms with Gasteiger partial charge < -0.3 is 30.3 Å². The SMILES string of the molecule is COc1cc(O)c2c3c1C[C@@H]1[C@@H]4CC[C@@H](N[C@@H](CC(N)=O)C(=O)O)[C@H](O2)[C@]34CCN1C.Cl.Cl. The number of likely N-dealkylation sites (N-methyl/N-ethyl adjacent to an activating group) is 1. The topological polar surface area (TPSA) is 134 Å². The Bertz CT molecular complexity index is 963. The molecular weight excluding hydrogens is 473 g/mol. The van der Waals surface area contributed by atoms with Crippen LogP contribution >= 0.6 is 24.8 Å². The third-order valence-electron chi connectivity index (χ3n) is 8.02. The van der Waals surface area contributed by atoms with Gasteiger partial charge in [0.05, 0.1) is 13.5 Å². The molecule has 5 N–H and O–H groups in total. The molecule has 1 aromatic rings. The molecule has 5 rings (SSSR count). The van der Waals surface area contributed by atoms with Crippen LogP contribution in [-0.2, 0) is 21.4 Å². The van der Waals surface area contributed by atoms with Gasteiger partial charge >= 0.3 is 5.97 Å². The number of hydrogen-bond donors (Lipinski definition) is 4. The van der Waals surface area contributed by atoms with Gasteiger partial charge in [-0.1, -0.05) is 0 Å². The second-order valence-corrected chi connectivity index (χ2v) is 9.38. The number of nitrogens with one attached hydrogen (secondary N) is 1. The third kappa shape index (κ3) is 3.60. The number of ether oxygens (including phenoxy) is 2. The number of amides is 1. The van der Waals surface area contributed by atoms with Crippen molar-refractivity contribution in [3.63, 3.8) is 0 Å². The molecule has 2 fully saturated rings. The number of methoxy groups -OCH3 is 1. The molecule has 1 spiro atoms. The van der Waals surface area contributed by atoms with E-state index in [1.54, 1.807) is 13.2 Å². The van der Waals surface area contributed by atoms with Crippen molar-refractivity contribution >= 4 is 36.7 Å². The summed E-state index contributed by atoms with van der Waals surface area (Å²) < 4.78 is 12.1. The lowest BCUT2D eigenvalue weighted by Gasteiger charge is -2.59. The molecule has 4 aliphatic rings. The van der Waals surface area contributed by atoms with Crippen LogP contribution in [0.4, 0.5) is 0 Å². The van der Waals surface area contributed by atoms with Gasteiger partial charge in [-0.25, -0.2) is 0 Å². The maximum absolute atomic E-state index is 11.8. The number of rotatable bonds is 6. The molecule has 11 heteroatoms. The van der Waals surface area contributed by atoms with E-state index in [1.165, 1.54) is 0 Å². The van der Waals surface area contributed by atoms with E-state index in [-0.39, 0.29) is 54.5 Å². The van der Waals surface area contributed by atoms with Crippen LogP contribution in [0.2, 0.25) is 0 Å². The molecule has 33 heavy (non-hydrogen) atoms. The molecule has 0 unspecified atom stereocenters. The average Bonchev–Trinajstić information content (AvgIpc) is 3.07. The lowest BCUT2D eigenvalue weighted by molar-refractivity contribution is -0.142. The number of aromatic hydroxyl groups is 1. The largest absolute Gasteiger partial charge is 0.504 e. The first-order valence-corrected chi connectivity index (χ1v) is 10.8. The summed E-state index contributed by atoms with van der Waals surface area (Å²) in [4.78, 5) is 25.6. The number of piperidine rings is 1. The maximum atomic E-state index is 11.8. The van der Waals surface area contributed by atoms with Crippen LogP contribution in [0.25, 0.3) is 0 Å². The fraction of sp³-hybridized carbons (Fsp3) is 0.636. The molecule has 184 valence electrons. The van der Waals surface area contributed by atoms with Crippen LogP contribution in [0.15, 0.2) is 6.07 Å². The van der Waals surface area contributed by atoms with E-state index in [1.807, 2.05) is 0 Å². The fourth-order valence-corrected chi connectivity index (χ4v) is 6.82. The Morgan fingerprint density at radius 3 is 2.76 bits per heavy atom. The van der Waals surface area contributed by atoms with Gasteiger partial charge in [-0.05, 0) is 45.2 Å². The number of aliphatic carboxylic acids is 1. The van der Waals surface area contributed by atoms with Crippen molar-refractivity contribution in [3.8, 4) is 17.2 Å². The summed E-state index contributed by atoms with van der Waals surface area (Å²) >= 11 is 0. The third-order valence-corrected chi connectivity index (χ3v) is 8.02. The minimum atomic E-state index is -1.11. The zero-order chi connectivity index (χ0) is 22.1. The first kappa shape index (κ1) is 25.7. The number of carbonyl (C=O) groups excluding carboxylic acids is 1. The van der Waals surface area contributed by atoms with Crippen LogP contribution in [0, 0.1) is 5.92 Å². The lowest BCUT2D eigenvalue weighted by Crippen LogP contribution is -2.69. The molecule has 1 saturated heterocycles. The molecule has 2 aliphatic heterocycles. The number of carbonyl (C=O) groups is 2. The van der Waals surface area contributed by atoms with Crippen molar-refractivity contribution in [3.05, 3.63) is 17.2 Å². The Balaban J connectivity index is 0.00000153. The van der Waals surface area contributed by atoms with Crippen LogP contribution in [0.3, 0.4) is 0 Å². The number of nitrogens with zero attached hydrogens (tertiary/aromatic N) is 1. The summed E-state index contributed by atoms with van der Waals surface area (Å²) in [5.41, 5.74) is 7.08. The lowest BCUT2D eigenvalue weighted by atomic mass is 9.51. The number of benzene rings is 1. The number of hydrogen-bond acceptors (Lipinski definition) is 7. The van der Waals surface area contributed by atoms with Gasteiger partial charge in [0.2, 0.25) is 5.91 Å². The molecule has 0 aromatic heterocycles. The van der Waals surface area contributed by atoms with Crippen molar-refractivity contribution in [2.75, 3.05) is 20.7 Å². The van der Waals surface area contributed by atoms with E-state index in [2.05, 4.69) is 17.3 Å². The van der Waals surface area contributed by atoms with Crippen molar-refractivity contribution in [2.24, 2.45) is 11.7 Å². The number of halogens is 2. The zero-order valence-electron chi connectivity index (χ0n) is 18.6. The molecule has 1 saturated carbocycles. The maximum Gasteiger partial charge on any atom is 0.321 e. The number of carboxylic acid groups (broad SMARTS) is 1. The predicted octanol–water partition coefficient (Wildman–Crippen LogP) is 1.20. The Morgan fingerprint density at radius 1 is 1.39 bits per heavy atom. The molecule has 9 nitrogen and oxygen atoms in total. The van der Waals surface area contributed by atoms with E-state index in [0.29, 0.717) is 23.5 Å². The Morgan fingerprint density at radius 2 is 2.12 bits per heavy atom.